The molecule has 1 aliphatic rings. The Labute approximate surface area is 122 Å². The molecule has 1 fully saturated rings. The molecular formula is C14H16ClN3O2. The Morgan fingerprint density at radius 1 is 1.35 bits per heavy atom. The molecule has 1 atom stereocenters. The molecule has 0 bridgehead atoms. The molecule has 1 aromatic heterocycles. The second-order valence-corrected chi connectivity index (χ2v) is 5.40. The first-order valence-corrected chi connectivity index (χ1v) is 7.07. The minimum atomic E-state index is 0.179. The van der Waals surface area contributed by atoms with Gasteiger partial charge < -0.3 is 9.63 Å². The Morgan fingerprint density at radius 2 is 2.15 bits per heavy atom. The Balaban J connectivity index is 1.72. The van der Waals surface area contributed by atoms with Crippen LogP contribution in [0.4, 0.5) is 0 Å². The maximum Gasteiger partial charge on any atom is 0.241 e. The van der Waals surface area contributed by atoms with Gasteiger partial charge in [0.1, 0.15) is 0 Å². The number of likely N-dealkylation sites (tertiary alicyclic amines) is 1. The first-order chi connectivity index (χ1) is 9.76. The van der Waals surface area contributed by atoms with Gasteiger partial charge in [-0.05, 0) is 43.7 Å². The molecule has 1 aromatic carbocycles. The molecule has 5 nitrogen and oxygen atoms in total. The average Bonchev–Trinajstić information content (AvgIpc) is 3.09. The Morgan fingerprint density at radius 3 is 2.90 bits per heavy atom. The van der Waals surface area contributed by atoms with E-state index < -0.39 is 0 Å². The van der Waals surface area contributed by atoms with Crippen molar-refractivity contribution in [2.24, 2.45) is 0 Å². The van der Waals surface area contributed by atoms with Crippen molar-refractivity contribution in [2.75, 3.05) is 13.2 Å². The molecular weight excluding hydrogens is 278 g/mol. The molecule has 6 heteroatoms. The molecule has 0 saturated carbocycles. The average molecular weight is 294 g/mol. The summed E-state index contributed by atoms with van der Waals surface area (Å²) >= 11 is 5.86. The van der Waals surface area contributed by atoms with E-state index >= 15 is 0 Å². The molecule has 1 saturated heterocycles. The first kappa shape index (κ1) is 13.5. The summed E-state index contributed by atoms with van der Waals surface area (Å²) in [6.07, 6.45) is 2.12. The number of aliphatic hydroxyl groups is 1. The van der Waals surface area contributed by atoms with Crippen LogP contribution in [0, 0.1) is 0 Å². The number of benzene rings is 1. The predicted molar refractivity (Wildman–Crippen MR) is 75.3 cm³/mol. The minimum absolute atomic E-state index is 0.179. The van der Waals surface area contributed by atoms with E-state index in [2.05, 4.69) is 15.0 Å². The molecule has 2 heterocycles. The summed E-state index contributed by atoms with van der Waals surface area (Å²) in [6.45, 7) is 1.73. The SMILES string of the molecule is OCC1CCCN1Cc1nc(-c2ccc(Cl)cc2)no1. The predicted octanol–water partition coefficient (Wildman–Crippen LogP) is 2.35. The number of hydrogen-bond acceptors (Lipinski definition) is 5. The van der Waals surface area contributed by atoms with Crippen molar-refractivity contribution < 1.29 is 9.63 Å². The van der Waals surface area contributed by atoms with E-state index in [4.69, 9.17) is 16.1 Å². The van der Waals surface area contributed by atoms with Gasteiger partial charge in [-0.15, -0.1) is 0 Å². The van der Waals surface area contributed by atoms with Gasteiger partial charge in [-0.3, -0.25) is 4.90 Å². The zero-order valence-electron chi connectivity index (χ0n) is 11.0. The lowest BCUT2D eigenvalue weighted by Gasteiger charge is -2.20. The van der Waals surface area contributed by atoms with E-state index in [1.807, 2.05) is 12.1 Å². The van der Waals surface area contributed by atoms with Gasteiger partial charge >= 0.3 is 0 Å². The second-order valence-electron chi connectivity index (χ2n) is 4.97. The Hall–Kier alpha value is -1.43. The van der Waals surface area contributed by atoms with Crippen LogP contribution in [-0.4, -0.2) is 39.3 Å². The van der Waals surface area contributed by atoms with E-state index in [-0.39, 0.29) is 12.6 Å². The van der Waals surface area contributed by atoms with Crippen LogP contribution >= 0.6 is 11.6 Å². The normalized spacial score (nSPS) is 19.6. The van der Waals surface area contributed by atoms with Gasteiger partial charge in [-0.2, -0.15) is 4.98 Å². The third-order valence-electron chi connectivity index (χ3n) is 3.62. The number of halogens is 1. The molecule has 0 amide bonds. The fourth-order valence-corrected chi connectivity index (χ4v) is 2.65. The van der Waals surface area contributed by atoms with Gasteiger partial charge in [0.25, 0.3) is 0 Å². The van der Waals surface area contributed by atoms with Gasteiger partial charge in [-0.1, -0.05) is 16.8 Å². The summed E-state index contributed by atoms with van der Waals surface area (Å²) in [5, 5.41) is 14.0. The number of aliphatic hydroxyl groups excluding tert-OH is 1. The second kappa shape index (κ2) is 5.91. The monoisotopic (exact) mass is 293 g/mol. The quantitative estimate of drug-likeness (QED) is 0.937. The summed E-state index contributed by atoms with van der Waals surface area (Å²) < 4.78 is 5.29. The summed E-state index contributed by atoms with van der Waals surface area (Å²) in [4.78, 5) is 6.58. The fourth-order valence-electron chi connectivity index (χ4n) is 2.52. The summed E-state index contributed by atoms with van der Waals surface area (Å²) in [5.74, 6) is 1.15. The van der Waals surface area contributed by atoms with Crippen LogP contribution < -0.4 is 0 Å². The smallest absolute Gasteiger partial charge is 0.241 e. The number of aromatic nitrogens is 2. The first-order valence-electron chi connectivity index (χ1n) is 6.69. The van der Waals surface area contributed by atoms with Crippen molar-refractivity contribution in [3.8, 4) is 11.4 Å². The van der Waals surface area contributed by atoms with Crippen molar-refractivity contribution in [1.29, 1.82) is 0 Å². The molecule has 2 aromatic rings. The zero-order valence-corrected chi connectivity index (χ0v) is 11.8. The van der Waals surface area contributed by atoms with Crippen molar-refractivity contribution in [3.63, 3.8) is 0 Å². The topological polar surface area (TPSA) is 62.4 Å². The molecule has 0 spiro atoms. The largest absolute Gasteiger partial charge is 0.395 e. The summed E-state index contributed by atoms with van der Waals surface area (Å²) in [7, 11) is 0. The van der Waals surface area contributed by atoms with Crippen LogP contribution in [0.5, 0.6) is 0 Å². The molecule has 1 aliphatic heterocycles. The molecule has 0 radical (unpaired) electrons. The highest BCUT2D eigenvalue weighted by Gasteiger charge is 2.25. The molecule has 1 unspecified atom stereocenters. The molecule has 1 N–H and O–H groups in total. The van der Waals surface area contributed by atoms with Crippen LogP contribution in [-0.2, 0) is 6.54 Å². The molecule has 3 rings (SSSR count). The van der Waals surface area contributed by atoms with Crippen LogP contribution in [0.1, 0.15) is 18.7 Å². The van der Waals surface area contributed by atoms with Crippen LogP contribution in [0.25, 0.3) is 11.4 Å². The van der Waals surface area contributed by atoms with E-state index in [1.165, 1.54) is 0 Å². The standard InChI is InChI=1S/C14H16ClN3O2/c15-11-5-3-10(4-6-11)14-16-13(20-17-14)8-18-7-1-2-12(18)9-19/h3-6,12,19H,1-2,7-9H2. The van der Waals surface area contributed by atoms with Crippen LogP contribution in [0.3, 0.4) is 0 Å². The lowest BCUT2D eigenvalue weighted by Crippen LogP contribution is -2.31. The van der Waals surface area contributed by atoms with Gasteiger partial charge in [-0.25, -0.2) is 0 Å². The molecule has 0 aliphatic carbocycles. The lowest BCUT2D eigenvalue weighted by atomic mass is 10.2. The summed E-state index contributed by atoms with van der Waals surface area (Å²) in [5.41, 5.74) is 0.879. The molecule has 20 heavy (non-hydrogen) atoms. The van der Waals surface area contributed by atoms with Gasteiger partial charge in [0.15, 0.2) is 0 Å². The Bertz CT molecular complexity index is 570. The van der Waals surface area contributed by atoms with Gasteiger partial charge in [0.2, 0.25) is 11.7 Å². The van der Waals surface area contributed by atoms with Crippen molar-refractivity contribution in [3.05, 3.63) is 35.2 Å². The van der Waals surface area contributed by atoms with Crippen molar-refractivity contribution >= 4 is 11.6 Å². The highest BCUT2D eigenvalue weighted by atomic mass is 35.5. The minimum Gasteiger partial charge on any atom is -0.395 e. The number of rotatable bonds is 4. The van der Waals surface area contributed by atoms with E-state index in [9.17, 15) is 5.11 Å². The van der Waals surface area contributed by atoms with Gasteiger partial charge in [0, 0.05) is 16.6 Å². The third-order valence-corrected chi connectivity index (χ3v) is 3.87. The highest BCUT2D eigenvalue weighted by molar-refractivity contribution is 6.30. The summed E-state index contributed by atoms with van der Waals surface area (Å²) in [6, 6.07) is 7.54. The molecule has 106 valence electrons. The maximum absolute atomic E-state index is 9.30. The number of hydrogen-bond donors (Lipinski definition) is 1. The van der Waals surface area contributed by atoms with Crippen LogP contribution in [0.15, 0.2) is 28.8 Å². The van der Waals surface area contributed by atoms with E-state index in [0.717, 1.165) is 24.9 Å². The van der Waals surface area contributed by atoms with E-state index in [1.54, 1.807) is 12.1 Å². The van der Waals surface area contributed by atoms with Crippen molar-refractivity contribution in [2.45, 2.75) is 25.4 Å². The van der Waals surface area contributed by atoms with Crippen LogP contribution in [0.2, 0.25) is 5.02 Å². The number of nitrogens with zero attached hydrogens (tertiary/aromatic N) is 3. The van der Waals surface area contributed by atoms with Gasteiger partial charge in [0.05, 0.1) is 13.2 Å². The van der Waals surface area contributed by atoms with E-state index in [0.29, 0.717) is 23.3 Å². The maximum atomic E-state index is 9.30. The zero-order chi connectivity index (χ0) is 13.9. The fraction of sp³-hybridized carbons (Fsp3) is 0.429. The third kappa shape index (κ3) is 2.85. The Kier molecular flexibility index (Phi) is 4.00. The highest BCUT2D eigenvalue weighted by Crippen LogP contribution is 2.22. The lowest BCUT2D eigenvalue weighted by molar-refractivity contribution is 0.141. The van der Waals surface area contributed by atoms with Crippen molar-refractivity contribution in [1.82, 2.24) is 15.0 Å².